The number of methoxy groups -OCH3 is 1. The fourth-order valence-corrected chi connectivity index (χ4v) is 12.2. The van der Waals surface area contributed by atoms with Gasteiger partial charge in [-0.25, -0.2) is 13.1 Å². The number of aryl methyl sites for hydroxylation is 1. The zero-order chi connectivity index (χ0) is 37.3. The second kappa shape index (κ2) is 14.1. The lowest BCUT2D eigenvalue weighted by atomic mass is 9.63. The van der Waals surface area contributed by atoms with E-state index in [1.165, 1.54) is 17.5 Å². The van der Waals surface area contributed by atoms with Crippen molar-refractivity contribution in [3.63, 3.8) is 0 Å². The van der Waals surface area contributed by atoms with Crippen LogP contribution in [0.5, 0.6) is 5.75 Å². The number of amides is 1. The SMILES string of the molecule is CO[C@]1(CN2C[C@H]3C[C@@H]2N(C(C)C)C3)/C=C/C[C@H](C)[C@@H](C)S(=O)(=O)NC(=O)c2ccc3c(c2)N(C[C@@H]2CC[C@H]21)C[C@@]1(CCCc2cc(Cl)ccc21)CO3. The molecular weight excluding hydrogens is 708 g/mol. The second-order valence-corrected chi connectivity index (χ2v) is 20.0. The first kappa shape index (κ1) is 37.3. The maximum absolute atomic E-state index is 13.7. The Labute approximate surface area is 321 Å². The molecule has 53 heavy (non-hydrogen) atoms. The van der Waals surface area contributed by atoms with Gasteiger partial charge in [0.05, 0.1) is 23.7 Å². The largest absolute Gasteiger partial charge is 0.490 e. The molecule has 4 bridgehead atoms. The molecule has 0 radical (unpaired) electrons. The number of likely N-dealkylation sites (tertiary alicyclic amines) is 2. The van der Waals surface area contributed by atoms with Gasteiger partial charge < -0.3 is 14.4 Å². The molecular formula is C42H57ClN4O5S. The second-order valence-electron chi connectivity index (χ2n) is 17.5. The summed E-state index contributed by atoms with van der Waals surface area (Å²) in [6, 6.07) is 12.2. The monoisotopic (exact) mass is 764 g/mol. The number of allylic oxidation sites excluding steroid dienone is 1. The first-order valence-electron chi connectivity index (χ1n) is 19.9. The minimum absolute atomic E-state index is 0.212. The van der Waals surface area contributed by atoms with Crippen molar-refractivity contribution in [3.05, 3.63) is 70.3 Å². The molecule has 11 heteroatoms. The van der Waals surface area contributed by atoms with Crippen molar-refractivity contribution in [2.24, 2.45) is 23.7 Å². The van der Waals surface area contributed by atoms with Gasteiger partial charge in [0.1, 0.15) is 11.4 Å². The minimum atomic E-state index is -3.95. The summed E-state index contributed by atoms with van der Waals surface area (Å²) in [4.78, 5) is 21.4. The van der Waals surface area contributed by atoms with Gasteiger partial charge in [-0.05, 0) is 131 Å². The summed E-state index contributed by atoms with van der Waals surface area (Å²) in [6.07, 6.45) is 11.8. The molecule has 9 nitrogen and oxygen atoms in total. The highest BCUT2D eigenvalue weighted by Gasteiger charge is 2.53. The molecule has 2 aliphatic carbocycles. The number of carbonyl (C=O) groups is 1. The summed E-state index contributed by atoms with van der Waals surface area (Å²) < 4.78 is 43.2. The van der Waals surface area contributed by atoms with E-state index in [0.717, 1.165) is 81.3 Å². The standard InChI is InChI=1S/C42H57ClN4O5S/c1-27(2)47-22-30-18-39(47)46(21-30)25-42(51-5)17-6-8-28(3)29(4)53(49,50)44-40(48)32-11-15-38-37(20-32)45(23-33-10-13-36(33)42)24-41(26-52-38)16-7-9-31-19-34(43)12-14-35(31)41/h6,11-12,14-15,17,19-20,27-30,33,36,39H,7-10,13,16,18,21-26H2,1-5H3,(H,44,48)/b17-6+/t28-,29+,30+,33-,36+,39-,41-,42-/m0/s1. The smallest absolute Gasteiger partial charge is 0.264 e. The van der Waals surface area contributed by atoms with Crippen molar-refractivity contribution < 1.29 is 22.7 Å². The van der Waals surface area contributed by atoms with Gasteiger partial charge in [-0.2, -0.15) is 0 Å². The van der Waals surface area contributed by atoms with E-state index in [9.17, 15) is 13.2 Å². The van der Waals surface area contributed by atoms with E-state index in [0.29, 0.717) is 42.6 Å². The van der Waals surface area contributed by atoms with E-state index in [-0.39, 0.29) is 17.3 Å². The molecule has 0 unspecified atom stereocenters. The number of ether oxygens (including phenoxy) is 2. The fraction of sp³-hybridized carbons (Fsp3) is 0.643. The maximum Gasteiger partial charge on any atom is 0.264 e. The van der Waals surface area contributed by atoms with E-state index in [2.05, 4.69) is 57.6 Å². The Kier molecular flexibility index (Phi) is 9.95. The number of halogens is 1. The van der Waals surface area contributed by atoms with E-state index < -0.39 is 26.8 Å². The summed E-state index contributed by atoms with van der Waals surface area (Å²) >= 11 is 6.51. The van der Waals surface area contributed by atoms with Gasteiger partial charge in [-0.1, -0.05) is 36.7 Å². The molecule has 8 atom stereocenters. The van der Waals surface area contributed by atoms with Gasteiger partial charge in [-0.15, -0.1) is 0 Å². The molecule has 1 saturated carbocycles. The maximum atomic E-state index is 13.7. The summed E-state index contributed by atoms with van der Waals surface area (Å²) in [7, 11) is -2.08. The number of anilines is 1. The molecule has 1 N–H and O–H groups in total. The highest BCUT2D eigenvalue weighted by atomic mass is 35.5. The van der Waals surface area contributed by atoms with Crippen LogP contribution >= 0.6 is 11.6 Å². The van der Waals surface area contributed by atoms with Gasteiger partial charge in [0.15, 0.2) is 0 Å². The van der Waals surface area contributed by atoms with E-state index in [1.807, 2.05) is 32.2 Å². The fourth-order valence-electron chi connectivity index (χ4n) is 10.7. The van der Waals surface area contributed by atoms with Crippen LogP contribution in [0.4, 0.5) is 5.69 Å². The lowest BCUT2D eigenvalue weighted by Crippen LogP contribution is -2.60. The van der Waals surface area contributed by atoms with E-state index in [4.69, 9.17) is 21.1 Å². The topological polar surface area (TPSA) is 91.4 Å². The molecule has 1 spiro atoms. The predicted octanol–water partition coefficient (Wildman–Crippen LogP) is 6.64. The van der Waals surface area contributed by atoms with Gasteiger partial charge in [0.25, 0.3) is 5.91 Å². The van der Waals surface area contributed by atoms with Crippen molar-refractivity contribution in [1.29, 1.82) is 0 Å². The molecule has 8 rings (SSSR count). The van der Waals surface area contributed by atoms with Crippen LogP contribution in [0.15, 0.2) is 48.6 Å². The van der Waals surface area contributed by atoms with Crippen LogP contribution in [-0.2, 0) is 26.6 Å². The van der Waals surface area contributed by atoms with Crippen LogP contribution in [0.2, 0.25) is 5.02 Å². The number of fused-ring (bicyclic) bond motifs is 6. The number of carbonyl (C=O) groups excluding carboxylic acids is 1. The molecule has 288 valence electrons. The van der Waals surface area contributed by atoms with Crippen LogP contribution in [0.25, 0.3) is 0 Å². The van der Waals surface area contributed by atoms with Gasteiger partial charge in [-0.3, -0.25) is 14.6 Å². The zero-order valence-corrected chi connectivity index (χ0v) is 33.6. The minimum Gasteiger partial charge on any atom is -0.490 e. The first-order valence-corrected chi connectivity index (χ1v) is 21.8. The number of benzene rings is 2. The predicted molar refractivity (Wildman–Crippen MR) is 210 cm³/mol. The lowest BCUT2D eigenvalue weighted by Gasteiger charge is -2.52. The molecule has 2 saturated heterocycles. The van der Waals surface area contributed by atoms with Crippen molar-refractivity contribution in [2.45, 2.75) is 101 Å². The Bertz CT molecular complexity index is 1870. The van der Waals surface area contributed by atoms with Gasteiger partial charge in [0.2, 0.25) is 10.0 Å². The number of nitrogens with zero attached hydrogens (tertiary/aromatic N) is 3. The third kappa shape index (κ3) is 6.72. The van der Waals surface area contributed by atoms with Crippen molar-refractivity contribution in [2.75, 3.05) is 51.3 Å². The number of hydrogen-bond donors (Lipinski definition) is 1. The molecule has 4 heterocycles. The van der Waals surface area contributed by atoms with Crippen LogP contribution in [0.3, 0.4) is 0 Å². The van der Waals surface area contributed by atoms with Gasteiger partial charge in [0, 0.05) is 61.9 Å². The number of nitrogens with one attached hydrogen (secondary N) is 1. The number of rotatable bonds is 4. The Morgan fingerprint density at radius 2 is 1.92 bits per heavy atom. The zero-order valence-electron chi connectivity index (χ0n) is 32.0. The van der Waals surface area contributed by atoms with Crippen LogP contribution < -0.4 is 14.4 Å². The molecule has 0 aromatic heterocycles. The molecule has 2 aromatic rings. The summed E-state index contributed by atoms with van der Waals surface area (Å²) in [6.45, 7) is 13.3. The van der Waals surface area contributed by atoms with E-state index >= 15 is 0 Å². The molecule has 3 fully saturated rings. The summed E-state index contributed by atoms with van der Waals surface area (Å²) in [5.74, 6) is 1.20. The third-order valence-electron chi connectivity index (χ3n) is 14.0. The molecule has 2 aromatic carbocycles. The average Bonchev–Trinajstić information content (AvgIpc) is 3.68. The van der Waals surface area contributed by atoms with Crippen molar-refractivity contribution in [1.82, 2.24) is 14.5 Å². The lowest BCUT2D eigenvalue weighted by molar-refractivity contribution is -0.106. The van der Waals surface area contributed by atoms with Crippen LogP contribution in [-0.4, -0.2) is 93.6 Å². The first-order chi connectivity index (χ1) is 25.3. The summed E-state index contributed by atoms with van der Waals surface area (Å²) in [5, 5.41) is -0.0197. The van der Waals surface area contributed by atoms with Crippen LogP contribution in [0.1, 0.15) is 87.7 Å². The quantitative estimate of drug-likeness (QED) is 0.347. The number of hydrogen-bond acceptors (Lipinski definition) is 8. The van der Waals surface area contributed by atoms with E-state index in [1.54, 1.807) is 13.0 Å². The molecule has 4 aliphatic heterocycles. The normalized spacial score (nSPS) is 36.3. The average molecular weight is 765 g/mol. The third-order valence-corrected chi connectivity index (χ3v) is 16.2. The summed E-state index contributed by atoms with van der Waals surface area (Å²) in [5.41, 5.74) is 2.94. The van der Waals surface area contributed by atoms with Crippen molar-refractivity contribution >= 4 is 33.2 Å². The highest BCUT2D eigenvalue weighted by Crippen LogP contribution is 2.50. The van der Waals surface area contributed by atoms with Gasteiger partial charge >= 0.3 is 0 Å². The Hall–Kier alpha value is -2.63. The Balaban J connectivity index is 1.20. The Morgan fingerprint density at radius 1 is 1.09 bits per heavy atom. The number of sulfonamides is 1. The highest BCUT2D eigenvalue weighted by molar-refractivity contribution is 7.90. The van der Waals surface area contributed by atoms with Crippen molar-refractivity contribution in [3.8, 4) is 5.75 Å². The Morgan fingerprint density at radius 3 is 2.66 bits per heavy atom. The molecule has 6 aliphatic rings. The molecule has 1 amide bonds. The van der Waals surface area contributed by atoms with Crippen LogP contribution in [0, 0.1) is 23.7 Å².